The molecular formula is C9H12FP. The Morgan fingerprint density at radius 2 is 2.18 bits per heavy atom. The van der Waals surface area contributed by atoms with Gasteiger partial charge in [-0.1, -0.05) is 27.0 Å². The highest BCUT2D eigenvalue weighted by Gasteiger charge is 2.01. The maximum Gasteiger partial charge on any atom is 0.123 e. The van der Waals surface area contributed by atoms with Gasteiger partial charge in [0, 0.05) is 0 Å². The van der Waals surface area contributed by atoms with Gasteiger partial charge in [-0.15, -0.1) is 0 Å². The molecule has 0 saturated heterocycles. The third-order valence-electron chi connectivity index (χ3n) is 1.72. The smallest absolute Gasteiger partial charge is 0.123 e. The summed E-state index contributed by atoms with van der Waals surface area (Å²) in [4.78, 5) is 0. The largest absolute Gasteiger partial charge is 0.207 e. The van der Waals surface area contributed by atoms with Gasteiger partial charge in [-0.2, -0.15) is 0 Å². The molecule has 0 saturated carbocycles. The van der Waals surface area contributed by atoms with Crippen LogP contribution in [0.5, 0.6) is 0 Å². The minimum atomic E-state index is -0.130. The highest BCUT2D eigenvalue weighted by molar-refractivity contribution is 7.64. The zero-order valence-corrected chi connectivity index (χ0v) is 7.74. The zero-order valence-electron chi connectivity index (χ0n) is 6.84. The normalized spacial score (nSPS) is 13.0. The Balaban J connectivity index is 2.86. The van der Waals surface area contributed by atoms with Gasteiger partial charge in [0.15, 0.2) is 0 Å². The highest BCUT2D eigenvalue weighted by atomic mass is 31.1. The molecule has 0 amide bonds. The molecule has 0 N–H and O–H groups in total. The molecule has 0 heterocycles. The molecule has 0 radical (unpaired) electrons. The molecule has 0 nitrogen and oxygen atoms in total. The summed E-state index contributed by atoms with van der Waals surface area (Å²) in [5.41, 5.74) is 0. The van der Waals surface area contributed by atoms with E-state index in [-0.39, 0.29) is 13.7 Å². The minimum absolute atomic E-state index is 0.120. The molecule has 11 heavy (non-hydrogen) atoms. The van der Waals surface area contributed by atoms with Crippen LogP contribution >= 0.6 is 7.92 Å². The predicted octanol–water partition coefficient (Wildman–Crippen LogP) is 2.58. The number of rotatable bonds is 2. The quantitative estimate of drug-likeness (QED) is 0.598. The summed E-state index contributed by atoms with van der Waals surface area (Å²) in [5, 5.41) is 1.16. The first-order valence-electron chi connectivity index (χ1n) is 3.70. The zero-order chi connectivity index (χ0) is 8.27. The summed E-state index contributed by atoms with van der Waals surface area (Å²) in [5.74, 6) is -0.120. The summed E-state index contributed by atoms with van der Waals surface area (Å²) in [6.45, 7) is 4.31. The lowest BCUT2D eigenvalue weighted by Crippen LogP contribution is -2.01. The SMILES string of the molecule is CCP(C)c1cccc(F)c1. The van der Waals surface area contributed by atoms with Crippen LogP contribution < -0.4 is 5.30 Å². The second-order valence-corrected chi connectivity index (χ2v) is 5.04. The number of hydrogen-bond donors (Lipinski definition) is 0. The van der Waals surface area contributed by atoms with Crippen molar-refractivity contribution in [3.05, 3.63) is 30.1 Å². The van der Waals surface area contributed by atoms with Crippen LogP contribution in [0.25, 0.3) is 0 Å². The summed E-state index contributed by atoms with van der Waals surface area (Å²) >= 11 is 0. The highest BCUT2D eigenvalue weighted by Crippen LogP contribution is 2.27. The number of hydrogen-bond acceptors (Lipinski definition) is 0. The molecule has 1 aromatic carbocycles. The molecule has 0 aliphatic carbocycles. The lowest BCUT2D eigenvalue weighted by molar-refractivity contribution is 0.629. The first-order chi connectivity index (χ1) is 5.24. The van der Waals surface area contributed by atoms with E-state index < -0.39 is 0 Å². The Morgan fingerprint density at radius 3 is 2.73 bits per heavy atom. The first kappa shape index (κ1) is 8.67. The van der Waals surface area contributed by atoms with E-state index in [1.54, 1.807) is 12.1 Å². The van der Waals surface area contributed by atoms with Crippen molar-refractivity contribution >= 4 is 13.2 Å². The third-order valence-corrected chi connectivity index (χ3v) is 3.83. The summed E-state index contributed by atoms with van der Waals surface area (Å²) < 4.78 is 12.7. The van der Waals surface area contributed by atoms with Gasteiger partial charge in [0.2, 0.25) is 0 Å². The Labute approximate surface area is 68.2 Å². The Kier molecular flexibility index (Phi) is 3.02. The first-order valence-corrected chi connectivity index (χ1v) is 5.68. The average molecular weight is 170 g/mol. The van der Waals surface area contributed by atoms with Gasteiger partial charge in [-0.3, -0.25) is 0 Å². The molecule has 0 fully saturated rings. The molecular weight excluding hydrogens is 158 g/mol. The van der Waals surface area contributed by atoms with Crippen LogP contribution in [0.4, 0.5) is 4.39 Å². The van der Waals surface area contributed by atoms with Crippen LogP contribution in [-0.4, -0.2) is 12.8 Å². The summed E-state index contributed by atoms with van der Waals surface area (Å²) in [7, 11) is -0.130. The van der Waals surface area contributed by atoms with Gasteiger partial charge >= 0.3 is 0 Å². The summed E-state index contributed by atoms with van der Waals surface area (Å²) in [6.07, 6.45) is 1.12. The van der Waals surface area contributed by atoms with E-state index in [1.807, 2.05) is 6.07 Å². The predicted molar refractivity (Wildman–Crippen MR) is 49.4 cm³/mol. The van der Waals surface area contributed by atoms with Crippen molar-refractivity contribution in [2.24, 2.45) is 0 Å². The van der Waals surface area contributed by atoms with Crippen LogP contribution in [-0.2, 0) is 0 Å². The standard InChI is InChI=1S/C9H12FP/c1-3-11(2)9-6-4-5-8(10)7-9/h4-7H,3H2,1-2H3. The van der Waals surface area contributed by atoms with E-state index in [4.69, 9.17) is 0 Å². The number of benzene rings is 1. The molecule has 1 aromatic rings. The van der Waals surface area contributed by atoms with Crippen molar-refractivity contribution in [2.45, 2.75) is 6.92 Å². The van der Waals surface area contributed by atoms with E-state index in [2.05, 4.69) is 13.6 Å². The lowest BCUT2D eigenvalue weighted by atomic mass is 10.3. The maximum absolute atomic E-state index is 12.7. The van der Waals surface area contributed by atoms with Crippen LogP contribution in [0, 0.1) is 5.82 Å². The van der Waals surface area contributed by atoms with Gasteiger partial charge < -0.3 is 0 Å². The fraction of sp³-hybridized carbons (Fsp3) is 0.333. The molecule has 60 valence electrons. The lowest BCUT2D eigenvalue weighted by Gasteiger charge is -2.08. The third kappa shape index (κ3) is 2.27. The van der Waals surface area contributed by atoms with E-state index in [0.29, 0.717) is 0 Å². The second-order valence-electron chi connectivity index (χ2n) is 2.49. The Morgan fingerprint density at radius 1 is 1.45 bits per heavy atom. The average Bonchev–Trinajstić information content (AvgIpc) is 2.03. The fourth-order valence-corrected chi connectivity index (χ4v) is 1.95. The molecule has 0 bridgehead atoms. The van der Waals surface area contributed by atoms with Crippen LogP contribution in [0.3, 0.4) is 0 Å². The van der Waals surface area contributed by atoms with E-state index in [9.17, 15) is 4.39 Å². The molecule has 1 rings (SSSR count). The summed E-state index contributed by atoms with van der Waals surface area (Å²) in [6, 6.07) is 6.90. The topological polar surface area (TPSA) is 0 Å². The van der Waals surface area contributed by atoms with Crippen molar-refractivity contribution < 1.29 is 4.39 Å². The van der Waals surface area contributed by atoms with E-state index in [0.717, 1.165) is 11.5 Å². The monoisotopic (exact) mass is 170 g/mol. The Hall–Kier alpha value is -0.420. The van der Waals surface area contributed by atoms with Crippen molar-refractivity contribution in [3.63, 3.8) is 0 Å². The van der Waals surface area contributed by atoms with Crippen LogP contribution in [0.15, 0.2) is 24.3 Å². The second kappa shape index (κ2) is 3.82. The minimum Gasteiger partial charge on any atom is -0.207 e. The molecule has 1 atom stereocenters. The van der Waals surface area contributed by atoms with Gasteiger partial charge in [0.25, 0.3) is 0 Å². The van der Waals surface area contributed by atoms with Gasteiger partial charge in [-0.05, 0) is 30.3 Å². The Bertz CT molecular complexity index is 235. The van der Waals surface area contributed by atoms with Crippen molar-refractivity contribution in [1.29, 1.82) is 0 Å². The molecule has 0 spiro atoms. The van der Waals surface area contributed by atoms with Gasteiger partial charge in [0.05, 0.1) is 0 Å². The molecule has 1 unspecified atom stereocenters. The maximum atomic E-state index is 12.7. The molecule has 2 heteroatoms. The number of halogens is 1. The van der Waals surface area contributed by atoms with Gasteiger partial charge in [0.1, 0.15) is 5.82 Å². The van der Waals surface area contributed by atoms with Gasteiger partial charge in [-0.25, -0.2) is 4.39 Å². The van der Waals surface area contributed by atoms with Crippen molar-refractivity contribution in [3.8, 4) is 0 Å². The molecule has 0 aliphatic rings. The fourth-order valence-electron chi connectivity index (χ4n) is 0.896. The van der Waals surface area contributed by atoms with Crippen LogP contribution in [0.1, 0.15) is 6.92 Å². The van der Waals surface area contributed by atoms with E-state index >= 15 is 0 Å². The van der Waals surface area contributed by atoms with Crippen molar-refractivity contribution in [1.82, 2.24) is 0 Å². The molecule has 0 aromatic heterocycles. The molecule has 0 aliphatic heterocycles. The van der Waals surface area contributed by atoms with Crippen LogP contribution in [0.2, 0.25) is 0 Å². The van der Waals surface area contributed by atoms with E-state index in [1.165, 1.54) is 6.07 Å². The van der Waals surface area contributed by atoms with Crippen molar-refractivity contribution in [2.75, 3.05) is 12.8 Å².